The molecule has 2 aliphatic heterocycles. The van der Waals surface area contributed by atoms with Gasteiger partial charge in [-0.2, -0.15) is 0 Å². The van der Waals surface area contributed by atoms with E-state index >= 15 is 0 Å². The Morgan fingerprint density at radius 2 is 1.79 bits per heavy atom. The summed E-state index contributed by atoms with van der Waals surface area (Å²) in [5, 5.41) is 3.10. The van der Waals surface area contributed by atoms with E-state index < -0.39 is 0 Å². The summed E-state index contributed by atoms with van der Waals surface area (Å²) >= 11 is 0. The van der Waals surface area contributed by atoms with Crippen molar-refractivity contribution in [3.8, 4) is 5.75 Å². The lowest BCUT2D eigenvalue weighted by Gasteiger charge is -2.32. The minimum absolute atomic E-state index is 0.000934. The normalized spacial score (nSPS) is 23.3. The zero-order valence-corrected chi connectivity index (χ0v) is 16.9. The molecule has 0 aromatic heterocycles. The molecule has 1 atom stereocenters. The van der Waals surface area contributed by atoms with Crippen LogP contribution in [0.5, 0.6) is 5.75 Å². The van der Waals surface area contributed by atoms with Crippen LogP contribution in [0.1, 0.15) is 44.2 Å². The minimum atomic E-state index is -0.00793. The molecule has 3 fully saturated rings. The van der Waals surface area contributed by atoms with Crippen LogP contribution in [0.15, 0.2) is 24.3 Å². The third kappa shape index (κ3) is 5.46. The van der Waals surface area contributed by atoms with Crippen LogP contribution in [0.3, 0.4) is 0 Å². The maximum atomic E-state index is 11.7. The molecule has 6 heteroatoms. The number of ether oxygens (including phenoxy) is 2. The molecule has 0 bridgehead atoms. The van der Waals surface area contributed by atoms with Gasteiger partial charge in [0.25, 0.3) is 0 Å². The van der Waals surface area contributed by atoms with E-state index in [0.29, 0.717) is 6.10 Å². The van der Waals surface area contributed by atoms with Gasteiger partial charge in [0.05, 0.1) is 19.3 Å². The largest absolute Gasteiger partial charge is 0.490 e. The van der Waals surface area contributed by atoms with Crippen molar-refractivity contribution in [3.05, 3.63) is 29.8 Å². The third-order valence-corrected chi connectivity index (χ3v) is 6.05. The Morgan fingerprint density at radius 3 is 2.39 bits per heavy atom. The highest BCUT2D eigenvalue weighted by atomic mass is 16.5. The molecule has 3 aliphatic rings. The van der Waals surface area contributed by atoms with Gasteiger partial charge in [-0.05, 0) is 43.4 Å². The van der Waals surface area contributed by atoms with Gasteiger partial charge in [0.1, 0.15) is 11.9 Å². The lowest BCUT2D eigenvalue weighted by molar-refractivity contribution is -0.119. The Balaban J connectivity index is 1.32. The predicted octanol–water partition coefficient (Wildman–Crippen LogP) is 2.20. The predicted molar refractivity (Wildman–Crippen MR) is 109 cm³/mol. The number of nitrogens with zero attached hydrogens (tertiary/aromatic N) is 2. The number of likely N-dealkylation sites (tertiary alicyclic amines) is 1. The van der Waals surface area contributed by atoms with Gasteiger partial charge in [-0.15, -0.1) is 0 Å². The molecule has 1 aromatic carbocycles. The summed E-state index contributed by atoms with van der Waals surface area (Å²) in [7, 11) is 0. The maximum Gasteiger partial charge on any atom is 0.217 e. The van der Waals surface area contributed by atoms with Gasteiger partial charge in [0, 0.05) is 45.7 Å². The first-order valence-corrected chi connectivity index (χ1v) is 10.8. The first-order chi connectivity index (χ1) is 13.7. The van der Waals surface area contributed by atoms with Crippen LogP contribution in [-0.2, 0) is 9.53 Å². The van der Waals surface area contributed by atoms with Gasteiger partial charge >= 0.3 is 0 Å². The third-order valence-electron chi connectivity index (χ3n) is 6.05. The lowest BCUT2D eigenvalue weighted by Crippen LogP contribution is -2.42. The van der Waals surface area contributed by atoms with E-state index in [1.807, 2.05) is 0 Å². The van der Waals surface area contributed by atoms with E-state index in [0.717, 1.165) is 76.1 Å². The summed E-state index contributed by atoms with van der Waals surface area (Å²) in [6.45, 7) is 8.07. The molecule has 1 aromatic rings. The number of morpholine rings is 1. The number of benzene rings is 1. The minimum Gasteiger partial charge on any atom is -0.490 e. The van der Waals surface area contributed by atoms with Crippen molar-refractivity contribution in [2.75, 3.05) is 45.9 Å². The fraction of sp³-hybridized carbons (Fsp3) is 0.682. The monoisotopic (exact) mass is 387 g/mol. The summed E-state index contributed by atoms with van der Waals surface area (Å²) in [5.74, 6) is 0.933. The SMILES string of the molecule is CC(=O)NC(CN1CCOCC1)c1ccc(OC2CCN(C3CC3)CC2)cc1. The molecule has 4 rings (SSSR count). The second-order valence-electron chi connectivity index (χ2n) is 8.32. The molecule has 2 saturated heterocycles. The molecule has 154 valence electrons. The maximum absolute atomic E-state index is 11.7. The Labute approximate surface area is 168 Å². The van der Waals surface area contributed by atoms with E-state index in [1.54, 1.807) is 6.92 Å². The molecule has 2 heterocycles. The smallest absolute Gasteiger partial charge is 0.217 e. The fourth-order valence-electron chi connectivity index (χ4n) is 4.29. The van der Waals surface area contributed by atoms with Crippen LogP contribution in [0.2, 0.25) is 0 Å². The van der Waals surface area contributed by atoms with E-state index in [-0.39, 0.29) is 11.9 Å². The van der Waals surface area contributed by atoms with Crippen LogP contribution in [0.25, 0.3) is 0 Å². The van der Waals surface area contributed by atoms with E-state index in [2.05, 4.69) is 39.4 Å². The highest BCUT2D eigenvalue weighted by Gasteiger charge is 2.32. The van der Waals surface area contributed by atoms with Crippen molar-refractivity contribution in [2.24, 2.45) is 0 Å². The molecule has 1 N–H and O–H groups in total. The van der Waals surface area contributed by atoms with E-state index in [4.69, 9.17) is 9.47 Å². The number of hydrogen-bond donors (Lipinski definition) is 1. The van der Waals surface area contributed by atoms with Crippen LogP contribution in [0, 0.1) is 0 Å². The Morgan fingerprint density at radius 1 is 1.11 bits per heavy atom. The van der Waals surface area contributed by atoms with Crippen molar-refractivity contribution in [1.82, 2.24) is 15.1 Å². The van der Waals surface area contributed by atoms with Crippen molar-refractivity contribution >= 4 is 5.91 Å². The van der Waals surface area contributed by atoms with Crippen molar-refractivity contribution in [2.45, 2.75) is 50.8 Å². The second kappa shape index (κ2) is 9.25. The number of carbonyl (C=O) groups excluding carboxylic acids is 1. The van der Waals surface area contributed by atoms with Crippen molar-refractivity contribution < 1.29 is 14.3 Å². The zero-order chi connectivity index (χ0) is 19.3. The fourth-order valence-corrected chi connectivity index (χ4v) is 4.29. The summed E-state index contributed by atoms with van der Waals surface area (Å²) in [6.07, 6.45) is 5.31. The number of piperidine rings is 1. The molecule has 1 amide bonds. The number of amides is 1. The Bertz CT molecular complexity index is 633. The molecule has 0 spiro atoms. The molecular weight excluding hydrogens is 354 g/mol. The molecular formula is C22H33N3O3. The van der Waals surface area contributed by atoms with Gasteiger partial charge < -0.3 is 19.7 Å². The van der Waals surface area contributed by atoms with E-state index in [1.165, 1.54) is 12.8 Å². The highest BCUT2D eigenvalue weighted by molar-refractivity contribution is 5.73. The van der Waals surface area contributed by atoms with Gasteiger partial charge in [-0.3, -0.25) is 9.69 Å². The van der Waals surface area contributed by atoms with Crippen molar-refractivity contribution in [3.63, 3.8) is 0 Å². The summed E-state index contributed by atoms with van der Waals surface area (Å²) < 4.78 is 11.7. The second-order valence-corrected chi connectivity index (χ2v) is 8.32. The average molecular weight is 388 g/mol. The van der Waals surface area contributed by atoms with Crippen LogP contribution in [-0.4, -0.2) is 73.8 Å². The highest BCUT2D eigenvalue weighted by Crippen LogP contribution is 2.30. The standard InChI is InChI=1S/C22H33N3O3/c1-17(26)23-22(16-24-12-14-27-15-13-24)18-2-6-20(7-3-18)28-21-8-10-25(11-9-21)19-4-5-19/h2-3,6-7,19,21-22H,4-5,8-16H2,1H3,(H,23,26). The van der Waals surface area contributed by atoms with Gasteiger partial charge in [0.15, 0.2) is 0 Å². The van der Waals surface area contributed by atoms with E-state index in [9.17, 15) is 4.79 Å². The zero-order valence-electron chi connectivity index (χ0n) is 16.9. The molecule has 1 unspecified atom stereocenters. The summed E-state index contributed by atoms with van der Waals surface area (Å²) in [6, 6.07) is 9.14. The molecule has 0 radical (unpaired) electrons. The van der Waals surface area contributed by atoms with Gasteiger partial charge in [0.2, 0.25) is 5.91 Å². The first kappa shape index (κ1) is 19.7. The number of rotatable bonds is 7. The molecule has 28 heavy (non-hydrogen) atoms. The quantitative estimate of drug-likeness (QED) is 0.777. The molecule has 6 nitrogen and oxygen atoms in total. The molecule has 1 aliphatic carbocycles. The lowest BCUT2D eigenvalue weighted by atomic mass is 10.1. The van der Waals surface area contributed by atoms with Gasteiger partial charge in [-0.25, -0.2) is 0 Å². The first-order valence-electron chi connectivity index (χ1n) is 10.8. The molecule has 1 saturated carbocycles. The van der Waals surface area contributed by atoms with Crippen molar-refractivity contribution in [1.29, 1.82) is 0 Å². The average Bonchev–Trinajstić information content (AvgIpc) is 3.55. The Hall–Kier alpha value is -1.63. The number of nitrogens with one attached hydrogen (secondary N) is 1. The number of carbonyl (C=O) groups is 1. The van der Waals surface area contributed by atoms with Crippen LogP contribution in [0.4, 0.5) is 0 Å². The topological polar surface area (TPSA) is 54.0 Å². The Kier molecular flexibility index (Phi) is 6.50. The van der Waals surface area contributed by atoms with Crippen LogP contribution < -0.4 is 10.1 Å². The van der Waals surface area contributed by atoms with Gasteiger partial charge in [-0.1, -0.05) is 12.1 Å². The number of hydrogen-bond acceptors (Lipinski definition) is 5. The summed E-state index contributed by atoms with van der Waals surface area (Å²) in [5.41, 5.74) is 1.12. The van der Waals surface area contributed by atoms with Crippen LogP contribution >= 0.6 is 0 Å². The summed E-state index contributed by atoms with van der Waals surface area (Å²) in [4.78, 5) is 16.7.